The Kier molecular flexibility index (Phi) is 6.18. The standard InChI is InChI=1S/C15H22N2O2S/c1-4-14(5-2)17(3)9-10-20(18,19)15-8-6-7-13(11-15)12-16/h6-8,11,14H,4-5,9-10H2,1-3H3. The predicted molar refractivity (Wildman–Crippen MR) is 80.2 cm³/mol. The van der Waals surface area contributed by atoms with E-state index in [4.69, 9.17) is 5.26 Å². The number of nitriles is 1. The number of hydrogen-bond acceptors (Lipinski definition) is 4. The van der Waals surface area contributed by atoms with Crippen molar-refractivity contribution in [2.45, 2.75) is 37.6 Å². The zero-order valence-electron chi connectivity index (χ0n) is 12.3. The van der Waals surface area contributed by atoms with Gasteiger partial charge < -0.3 is 4.90 Å². The van der Waals surface area contributed by atoms with Gasteiger partial charge in [-0.2, -0.15) is 5.26 Å². The molecule has 0 aromatic heterocycles. The summed E-state index contributed by atoms with van der Waals surface area (Å²) in [6.07, 6.45) is 2.02. The van der Waals surface area contributed by atoms with Gasteiger partial charge in [-0.05, 0) is 38.1 Å². The maximum Gasteiger partial charge on any atom is 0.179 e. The van der Waals surface area contributed by atoms with Crippen molar-refractivity contribution in [1.82, 2.24) is 4.90 Å². The Morgan fingerprint density at radius 3 is 2.50 bits per heavy atom. The lowest BCUT2D eigenvalue weighted by Crippen LogP contribution is -2.34. The summed E-state index contributed by atoms with van der Waals surface area (Å²) in [6, 6.07) is 8.58. The molecule has 0 saturated carbocycles. The Hall–Kier alpha value is -1.38. The Morgan fingerprint density at radius 1 is 1.30 bits per heavy atom. The van der Waals surface area contributed by atoms with E-state index in [-0.39, 0.29) is 10.6 Å². The van der Waals surface area contributed by atoms with E-state index in [0.717, 1.165) is 12.8 Å². The van der Waals surface area contributed by atoms with Gasteiger partial charge in [-0.25, -0.2) is 8.42 Å². The van der Waals surface area contributed by atoms with Crippen molar-refractivity contribution in [3.63, 3.8) is 0 Å². The fraction of sp³-hybridized carbons (Fsp3) is 0.533. The molecule has 4 nitrogen and oxygen atoms in total. The van der Waals surface area contributed by atoms with Crippen LogP contribution in [0.1, 0.15) is 32.3 Å². The highest BCUT2D eigenvalue weighted by molar-refractivity contribution is 7.91. The minimum Gasteiger partial charge on any atom is -0.302 e. The summed E-state index contributed by atoms with van der Waals surface area (Å²) in [6.45, 7) is 4.72. The molecule has 0 N–H and O–H groups in total. The molecule has 0 bridgehead atoms. The second-order valence-corrected chi connectivity index (χ2v) is 7.02. The lowest BCUT2D eigenvalue weighted by atomic mass is 10.1. The van der Waals surface area contributed by atoms with Crippen LogP contribution in [0.2, 0.25) is 0 Å². The molecule has 0 saturated heterocycles. The highest BCUT2D eigenvalue weighted by atomic mass is 32.2. The predicted octanol–water partition coefficient (Wildman–Crippen LogP) is 2.45. The van der Waals surface area contributed by atoms with E-state index in [1.165, 1.54) is 6.07 Å². The normalized spacial score (nSPS) is 11.8. The van der Waals surface area contributed by atoms with Gasteiger partial charge in [-0.1, -0.05) is 19.9 Å². The van der Waals surface area contributed by atoms with E-state index in [0.29, 0.717) is 18.2 Å². The second-order valence-electron chi connectivity index (χ2n) is 4.91. The molecule has 0 aliphatic carbocycles. The van der Waals surface area contributed by atoms with Crippen molar-refractivity contribution in [3.05, 3.63) is 29.8 Å². The van der Waals surface area contributed by atoms with Crippen molar-refractivity contribution in [2.75, 3.05) is 19.3 Å². The molecule has 1 rings (SSSR count). The molecule has 0 radical (unpaired) electrons. The molecule has 0 aliphatic heterocycles. The summed E-state index contributed by atoms with van der Waals surface area (Å²) >= 11 is 0. The Morgan fingerprint density at radius 2 is 1.95 bits per heavy atom. The first-order valence-corrected chi connectivity index (χ1v) is 8.53. The average Bonchev–Trinajstić information content (AvgIpc) is 2.46. The van der Waals surface area contributed by atoms with E-state index in [2.05, 4.69) is 18.7 Å². The van der Waals surface area contributed by atoms with Crippen LogP contribution in [-0.4, -0.2) is 38.7 Å². The second kappa shape index (κ2) is 7.41. The van der Waals surface area contributed by atoms with Gasteiger partial charge in [0.1, 0.15) is 0 Å². The van der Waals surface area contributed by atoms with Gasteiger partial charge in [0.2, 0.25) is 0 Å². The zero-order chi connectivity index (χ0) is 15.2. The van der Waals surface area contributed by atoms with Crippen LogP contribution in [0.4, 0.5) is 0 Å². The van der Waals surface area contributed by atoms with Crippen LogP contribution in [0.15, 0.2) is 29.2 Å². The first-order chi connectivity index (χ1) is 9.44. The summed E-state index contributed by atoms with van der Waals surface area (Å²) in [5.41, 5.74) is 0.374. The molecule has 0 spiro atoms. The zero-order valence-corrected chi connectivity index (χ0v) is 13.2. The largest absolute Gasteiger partial charge is 0.302 e. The highest BCUT2D eigenvalue weighted by Crippen LogP contribution is 2.14. The number of rotatable bonds is 7. The Balaban J connectivity index is 2.78. The van der Waals surface area contributed by atoms with Gasteiger partial charge in [0.05, 0.1) is 22.3 Å². The molecule has 0 amide bonds. The number of benzene rings is 1. The van der Waals surface area contributed by atoms with Gasteiger partial charge in [0.15, 0.2) is 9.84 Å². The van der Waals surface area contributed by atoms with Gasteiger partial charge in [0.25, 0.3) is 0 Å². The van der Waals surface area contributed by atoms with Crippen LogP contribution in [0.25, 0.3) is 0 Å². The lowest BCUT2D eigenvalue weighted by molar-refractivity contribution is 0.242. The monoisotopic (exact) mass is 294 g/mol. The molecular weight excluding hydrogens is 272 g/mol. The number of nitrogens with zero attached hydrogens (tertiary/aromatic N) is 2. The molecule has 0 fully saturated rings. The topological polar surface area (TPSA) is 61.2 Å². The van der Waals surface area contributed by atoms with Gasteiger partial charge in [-0.3, -0.25) is 0 Å². The third kappa shape index (κ3) is 4.32. The number of sulfone groups is 1. The summed E-state index contributed by atoms with van der Waals surface area (Å²) in [5.74, 6) is 0.0783. The van der Waals surface area contributed by atoms with Crippen molar-refractivity contribution in [3.8, 4) is 6.07 Å². The van der Waals surface area contributed by atoms with Crippen molar-refractivity contribution in [1.29, 1.82) is 5.26 Å². The van der Waals surface area contributed by atoms with Crippen LogP contribution in [-0.2, 0) is 9.84 Å². The maximum absolute atomic E-state index is 12.3. The van der Waals surface area contributed by atoms with E-state index in [1.54, 1.807) is 18.2 Å². The molecule has 1 aromatic rings. The SMILES string of the molecule is CCC(CC)N(C)CCS(=O)(=O)c1cccc(C#N)c1. The summed E-state index contributed by atoms with van der Waals surface area (Å²) in [7, 11) is -1.37. The Bertz CT molecular complexity index is 572. The third-order valence-electron chi connectivity index (χ3n) is 3.60. The summed E-state index contributed by atoms with van der Waals surface area (Å²) in [4.78, 5) is 2.32. The smallest absolute Gasteiger partial charge is 0.179 e. The average molecular weight is 294 g/mol. The van der Waals surface area contributed by atoms with Crippen LogP contribution in [0, 0.1) is 11.3 Å². The molecule has 0 heterocycles. The minimum absolute atomic E-state index is 0.0783. The first-order valence-electron chi connectivity index (χ1n) is 6.87. The fourth-order valence-corrected chi connectivity index (χ4v) is 3.59. The maximum atomic E-state index is 12.3. The molecule has 0 atom stereocenters. The molecule has 0 unspecified atom stereocenters. The highest BCUT2D eigenvalue weighted by Gasteiger charge is 2.18. The van der Waals surface area contributed by atoms with Gasteiger partial charge >= 0.3 is 0 Å². The van der Waals surface area contributed by atoms with Crippen LogP contribution in [0.3, 0.4) is 0 Å². The minimum atomic E-state index is -3.33. The van der Waals surface area contributed by atoms with Crippen LogP contribution in [0.5, 0.6) is 0 Å². The molecule has 20 heavy (non-hydrogen) atoms. The number of hydrogen-bond donors (Lipinski definition) is 0. The fourth-order valence-electron chi connectivity index (χ4n) is 2.24. The van der Waals surface area contributed by atoms with Crippen molar-refractivity contribution < 1.29 is 8.42 Å². The van der Waals surface area contributed by atoms with Crippen LogP contribution < -0.4 is 0 Å². The molecule has 1 aromatic carbocycles. The van der Waals surface area contributed by atoms with E-state index < -0.39 is 9.84 Å². The third-order valence-corrected chi connectivity index (χ3v) is 5.29. The van der Waals surface area contributed by atoms with Crippen molar-refractivity contribution >= 4 is 9.84 Å². The molecule has 110 valence electrons. The van der Waals surface area contributed by atoms with E-state index in [1.807, 2.05) is 13.1 Å². The summed E-state index contributed by atoms with van der Waals surface area (Å²) in [5, 5.41) is 8.83. The molecule has 0 aliphatic rings. The van der Waals surface area contributed by atoms with Crippen molar-refractivity contribution in [2.24, 2.45) is 0 Å². The Labute approximate surface area is 121 Å². The summed E-state index contributed by atoms with van der Waals surface area (Å²) < 4.78 is 24.5. The van der Waals surface area contributed by atoms with Gasteiger partial charge in [0, 0.05) is 12.6 Å². The quantitative estimate of drug-likeness (QED) is 0.775. The van der Waals surface area contributed by atoms with Gasteiger partial charge in [-0.15, -0.1) is 0 Å². The molecular formula is C15H22N2O2S. The van der Waals surface area contributed by atoms with E-state index >= 15 is 0 Å². The first kappa shape index (κ1) is 16.7. The lowest BCUT2D eigenvalue weighted by Gasteiger charge is -2.25. The van der Waals surface area contributed by atoms with E-state index in [9.17, 15) is 8.42 Å². The van der Waals surface area contributed by atoms with Crippen LogP contribution >= 0.6 is 0 Å². The molecule has 5 heteroatoms.